The summed E-state index contributed by atoms with van der Waals surface area (Å²) in [4.78, 5) is 36.7. The zero-order chi connectivity index (χ0) is 21.1. The predicted molar refractivity (Wildman–Crippen MR) is 109 cm³/mol. The van der Waals surface area contributed by atoms with E-state index in [2.05, 4.69) is 0 Å². The molecule has 2 amide bonds. The molecule has 8 nitrogen and oxygen atoms in total. The molecule has 29 heavy (non-hydrogen) atoms. The lowest BCUT2D eigenvalue weighted by Gasteiger charge is -2.12. The van der Waals surface area contributed by atoms with Gasteiger partial charge < -0.3 is 9.47 Å². The van der Waals surface area contributed by atoms with Gasteiger partial charge in [0.1, 0.15) is 0 Å². The highest BCUT2D eigenvalue weighted by molar-refractivity contribution is 8.18. The van der Waals surface area contributed by atoms with Crippen molar-refractivity contribution in [1.29, 1.82) is 0 Å². The van der Waals surface area contributed by atoms with Crippen LogP contribution in [0.5, 0.6) is 11.5 Å². The Kier molecular flexibility index (Phi) is 6.09. The molecule has 0 saturated carbocycles. The lowest BCUT2D eigenvalue weighted by Crippen LogP contribution is -2.27. The summed E-state index contributed by atoms with van der Waals surface area (Å²) in [5.41, 5.74) is 0.860. The molecular formula is C19H15ClN2O6S. The first-order chi connectivity index (χ1) is 13.8. The molecule has 0 unspecified atom stereocenters. The largest absolute Gasteiger partial charge is 0.493 e. The molecule has 150 valence electrons. The number of rotatable bonds is 6. The molecule has 0 atom stereocenters. The molecule has 2 aromatic rings. The molecule has 2 aromatic carbocycles. The van der Waals surface area contributed by atoms with Crippen LogP contribution in [0.25, 0.3) is 6.08 Å². The quantitative estimate of drug-likeness (QED) is 0.375. The summed E-state index contributed by atoms with van der Waals surface area (Å²) in [5, 5.41) is 10.8. The van der Waals surface area contributed by atoms with E-state index in [1.165, 1.54) is 38.5 Å². The molecule has 1 aliphatic rings. The van der Waals surface area contributed by atoms with Gasteiger partial charge in [-0.15, -0.1) is 0 Å². The van der Waals surface area contributed by atoms with Crippen molar-refractivity contribution in [2.24, 2.45) is 0 Å². The van der Waals surface area contributed by atoms with Crippen LogP contribution in [-0.2, 0) is 11.3 Å². The van der Waals surface area contributed by atoms with Gasteiger partial charge >= 0.3 is 0 Å². The molecule has 1 fully saturated rings. The van der Waals surface area contributed by atoms with Gasteiger partial charge in [0.05, 0.1) is 35.6 Å². The van der Waals surface area contributed by atoms with Crippen molar-refractivity contribution in [3.05, 3.63) is 67.6 Å². The zero-order valence-corrected chi connectivity index (χ0v) is 17.0. The van der Waals surface area contributed by atoms with Crippen LogP contribution in [0.15, 0.2) is 41.3 Å². The fraction of sp³-hybridized carbons (Fsp3) is 0.158. The second-order valence-electron chi connectivity index (χ2n) is 5.92. The van der Waals surface area contributed by atoms with Crippen LogP contribution < -0.4 is 9.47 Å². The van der Waals surface area contributed by atoms with Gasteiger partial charge in [0, 0.05) is 18.2 Å². The Morgan fingerprint density at radius 1 is 1.17 bits per heavy atom. The summed E-state index contributed by atoms with van der Waals surface area (Å²) in [6.07, 6.45) is 1.50. The third kappa shape index (κ3) is 4.36. The number of ether oxygens (including phenoxy) is 2. The smallest absolute Gasteiger partial charge is 0.293 e. The maximum absolute atomic E-state index is 12.7. The van der Waals surface area contributed by atoms with Crippen molar-refractivity contribution in [3.63, 3.8) is 0 Å². The molecule has 0 radical (unpaired) electrons. The van der Waals surface area contributed by atoms with Crippen molar-refractivity contribution in [1.82, 2.24) is 4.90 Å². The zero-order valence-electron chi connectivity index (χ0n) is 15.4. The first kappa shape index (κ1) is 20.7. The number of methoxy groups -OCH3 is 2. The molecule has 1 saturated heterocycles. The number of nitrogens with zero attached hydrogens (tertiary/aromatic N) is 2. The molecule has 10 heteroatoms. The van der Waals surface area contributed by atoms with E-state index in [1.54, 1.807) is 18.2 Å². The van der Waals surface area contributed by atoms with Gasteiger partial charge in [-0.1, -0.05) is 23.7 Å². The Balaban J connectivity index is 1.87. The van der Waals surface area contributed by atoms with E-state index in [0.717, 1.165) is 16.7 Å². The summed E-state index contributed by atoms with van der Waals surface area (Å²) in [6, 6.07) is 8.96. The van der Waals surface area contributed by atoms with Crippen LogP contribution in [0.2, 0.25) is 5.02 Å². The summed E-state index contributed by atoms with van der Waals surface area (Å²) in [6.45, 7) is -0.0661. The molecule has 0 N–H and O–H groups in total. The average Bonchev–Trinajstić information content (AvgIpc) is 2.96. The minimum absolute atomic E-state index is 0.0661. The van der Waals surface area contributed by atoms with E-state index in [9.17, 15) is 19.7 Å². The second kappa shape index (κ2) is 8.54. The number of halogens is 1. The van der Waals surface area contributed by atoms with Gasteiger partial charge in [-0.25, -0.2) is 0 Å². The summed E-state index contributed by atoms with van der Waals surface area (Å²) >= 11 is 7.02. The highest BCUT2D eigenvalue weighted by Crippen LogP contribution is 2.38. The molecule has 0 bridgehead atoms. The molecule has 0 spiro atoms. The van der Waals surface area contributed by atoms with Gasteiger partial charge in [-0.3, -0.25) is 24.6 Å². The summed E-state index contributed by atoms with van der Waals surface area (Å²) < 4.78 is 10.4. The SMILES string of the molecule is COc1cc(Cl)c(/C=C2\SC(=O)N(Cc3cccc([N+](=O)[O-])c3)C2=O)cc1OC. The third-order valence-electron chi connectivity index (χ3n) is 4.13. The Labute approximate surface area is 175 Å². The number of nitro groups is 1. The number of hydrogen-bond donors (Lipinski definition) is 0. The van der Waals surface area contributed by atoms with Crippen LogP contribution in [0.3, 0.4) is 0 Å². The molecule has 0 aromatic heterocycles. The van der Waals surface area contributed by atoms with Crippen LogP contribution >= 0.6 is 23.4 Å². The van der Waals surface area contributed by atoms with Gasteiger partial charge in [0.15, 0.2) is 11.5 Å². The molecule has 1 aliphatic heterocycles. The van der Waals surface area contributed by atoms with E-state index in [0.29, 0.717) is 27.6 Å². The number of benzene rings is 2. The lowest BCUT2D eigenvalue weighted by atomic mass is 10.1. The number of thioether (sulfide) groups is 1. The van der Waals surface area contributed by atoms with Gasteiger partial charge in [0.25, 0.3) is 16.8 Å². The van der Waals surface area contributed by atoms with E-state index < -0.39 is 16.1 Å². The lowest BCUT2D eigenvalue weighted by molar-refractivity contribution is -0.384. The number of carbonyl (C=O) groups is 2. The van der Waals surface area contributed by atoms with Crippen molar-refractivity contribution < 1.29 is 24.0 Å². The van der Waals surface area contributed by atoms with Crippen molar-refractivity contribution in [3.8, 4) is 11.5 Å². The van der Waals surface area contributed by atoms with Gasteiger partial charge in [0.2, 0.25) is 0 Å². The van der Waals surface area contributed by atoms with Crippen LogP contribution in [-0.4, -0.2) is 35.2 Å². The van der Waals surface area contributed by atoms with Crippen molar-refractivity contribution in [2.45, 2.75) is 6.54 Å². The predicted octanol–water partition coefficient (Wildman–Crippen LogP) is 4.50. The van der Waals surface area contributed by atoms with Crippen LogP contribution in [0.1, 0.15) is 11.1 Å². The Hall–Kier alpha value is -3.04. The number of imide groups is 1. The normalized spacial score (nSPS) is 15.1. The molecule has 1 heterocycles. The monoisotopic (exact) mass is 434 g/mol. The molecule has 3 rings (SSSR count). The maximum Gasteiger partial charge on any atom is 0.293 e. The van der Waals surface area contributed by atoms with E-state index in [4.69, 9.17) is 21.1 Å². The first-order valence-electron chi connectivity index (χ1n) is 8.24. The highest BCUT2D eigenvalue weighted by atomic mass is 35.5. The fourth-order valence-corrected chi connectivity index (χ4v) is 3.75. The summed E-state index contributed by atoms with van der Waals surface area (Å²) in [5.74, 6) is 0.366. The Morgan fingerprint density at radius 2 is 1.86 bits per heavy atom. The van der Waals surface area contributed by atoms with E-state index >= 15 is 0 Å². The van der Waals surface area contributed by atoms with Gasteiger partial charge in [-0.2, -0.15) is 0 Å². The highest BCUT2D eigenvalue weighted by Gasteiger charge is 2.35. The Bertz CT molecular complexity index is 1040. The minimum atomic E-state index is -0.531. The van der Waals surface area contributed by atoms with Gasteiger partial charge in [-0.05, 0) is 35.0 Å². The average molecular weight is 435 g/mol. The topological polar surface area (TPSA) is 99.0 Å². The standard InChI is InChI=1S/C19H15ClN2O6S/c1-27-15-7-12(14(20)9-16(15)28-2)8-17-18(23)21(19(24)29-17)10-11-4-3-5-13(6-11)22(25)26/h3-9H,10H2,1-2H3/b17-8-. The molecule has 0 aliphatic carbocycles. The molecular weight excluding hydrogens is 420 g/mol. The van der Waals surface area contributed by atoms with Crippen LogP contribution in [0, 0.1) is 10.1 Å². The number of nitro benzene ring substituents is 1. The Morgan fingerprint density at radius 3 is 2.52 bits per heavy atom. The first-order valence-corrected chi connectivity index (χ1v) is 9.43. The van der Waals surface area contributed by atoms with Crippen LogP contribution in [0.4, 0.5) is 10.5 Å². The second-order valence-corrected chi connectivity index (χ2v) is 7.32. The fourth-order valence-electron chi connectivity index (χ4n) is 2.71. The number of non-ortho nitro benzene ring substituents is 1. The summed E-state index contributed by atoms with van der Waals surface area (Å²) in [7, 11) is 2.95. The van der Waals surface area contributed by atoms with Crippen molar-refractivity contribution >= 4 is 46.3 Å². The third-order valence-corrected chi connectivity index (χ3v) is 5.36. The van der Waals surface area contributed by atoms with Crippen molar-refractivity contribution in [2.75, 3.05) is 14.2 Å². The van der Waals surface area contributed by atoms with E-state index in [1.807, 2.05) is 0 Å². The minimum Gasteiger partial charge on any atom is -0.493 e. The number of amides is 2. The number of carbonyl (C=O) groups excluding carboxylic acids is 2. The van der Waals surface area contributed by atoms with E-state index in [-0.39, 0.29) is 17.1 Å². The maximum atomic E-state index is 12.7. The number of hydrogen-bond acceptors (Lipinski definition) is 7.